The number of amides is 2. The number of carbonyl (C=O) groups excluding carboxylic acids is 2. The molecule has 1 spiro atoms. The van der Waals surface area contributed by atoms with E-state index in [4.69, 9.17) is 5.73 Å². The smallest absolute Gasteiger partial charge is 0.259 e. The van der Waals surface area contributed by atoms with Gasteiger partial charge in [-0.2, -0.15) is 0 Å². The number of aromatic nitrogens is 3. The predicted octanol–water partition coefficient (Wildman–Crippen LogP) is 2.22. The lowest BCUT2D eigenvalue weighted by Crippen LogP contribution is -2.75. The first kappa shape index (κ1) is 31.1. The van der Waals surface area contributed by atoms with Crippen LogP contribution in [0.3, 0.4) is 0 Å². The molecule has 4 atom stereocenters. The number of nitrogens with zero attached hydrogens (tertiary/aromatic N) is 6. The maximum Gasteiger partial charge on any atom is 0.259 e. The maximum atomic E-state index is 16.3. The van der Waals surface area contributed by atoms with Gasteiger partial charge in [-0.1, -0.05) is 38.5 Å². The Morgan fingerprint density at radius 2 is 1.75 bits per heavy atom. The van der Waals surface area contributed by atoms with E-state index in [9.17, 15) is 14.0 Å². The maximum absolute atomic E-state index is 16.3. The Morgan fingerprint density at radius 3 is 2.48 bits per heavy atom. The number of piperazine rings is 1. The van der Waals surface area contributed by atoms with Gasteiger partial charge in [0.25, 0.3) is 5.91 Å². The Kier molecular flexibility index (Phi) is 9.34. The zero-order valence-corrected chi connectivity index (χ0v) is 25.8. The quantitative estimate of drug-likeness (QED) is 0.479. The predicted molar refractivity (Wildman–Crippen MR) is 163 cm³/mol. The van der Waals surface area contributed by atoms with Crippen molar-refractivity contribution >= 4 is 23.3 Å². The summed E-state index contributed by atoms with van der Waals surface area (Å²) in [6, 6.07) is -1.19. The molecule has 4 N–H and O–H groups in total. The summed E-state index contributed by atoms with van der Waals surface area (Å²) in [6.07, 6.45) is 10.6. The number of nitrogen functional groups attached to an aromatic ring is 1. The van der Waals surface area contributed by atoms with Gasteiger partial charge in [0.15, 0.2) is 17.3 Å². The molecule has 3 saturated heterocycles. The highest BCUT2D eigenvalue weighted by molar-refractivity contribution is 6.04. The first-order valence-corrected chi connectivity index (χ1v) is 16.5. The Balaban J connectivity index is 1.31. The number of rotatable bonds is 4. The lowest BCUT2D eigenvalue weighted by Gasteiger charge is -2.54. The number of likely N-dealkylation sites (N-methyl/N-ethyl adjacent to an activating group) is 1. The number of fused-ring (bicyclic) bond motifs is 1. The summed E-state index contributed by atoms with van der Waals surface area (Å²) in [4.78, 5) is 38.1. The average Bonchev–Trinajstić information content (AvgIpc) is 3.40. The molecule has 13 heteroatoms. The zero-order valence-electron chi connectivity index (χ0n) is 25.8. The molecule has 4 aliphatic rings. The number of alkyl halides is 1. The topological polar surface area (TPSA) is 124 Å². The van der Waals surface area contributed by atoms with Crippen molar-refractivity contribution in [2.45, 2.75) is 88.0 Å². The molecular weight excluding hydrogens is 568 g/mol. The molecule has 44 heavy (non-hydrogen) atoms. The molecule has 0 aromatic carbocycles. The fourth-order valence-corrected chi connectivity index (χ4v) is 8.06. The van der Waals surface area contributed by atoms with E-state index in [1.165, 1.54) is 17.4 Å². The summed E-state index contributed by atoms with van der Waals surface area (Å²) < 4.78 is 31.4. The number of nitrogens with one attached hydrogen (secondary N) is 2. The van der Waals surface area contributed by atoms with E-state index in [0.29, 0.717) is 26.2 Å². The Hall–Kier alpha value is -2.90. The van der Waals surface area contributed by atoms with E-state index in [0.717, 1.165) is 76.8 Å². The van der Waals surface area contributed by atoms with Crippen LogP contribution >= 0.6 is 0 Å². The third-order valence-electron chi connectivity index (χ3n) is 10.5. The second-order valence-corrected chi connectivity index (χ2v) is 13.4. The average molecular weight is 616 g/mol. The minimum absolute atomic E-state index is 0.0583. The molecular formula is C31H47F2N9O2. The lowest BCUT2D eigenvalue weighted by molar-refractivity contribution is -0.140. The highest BCUT2D eigenvalue weighted by Crippen LogP contribution is 2.38. The molecule has 3 aliphatic heterocycles. The molecule has 11 nitrogen and oxygen atoms in total. The van der Waals surface area contributed by atoms with Gasteiger partial charge in [0.2, 0.25) is 5.91 Å². The number of piperidine rings is 2. The van der Waals surface area contributed by atoms with Gasteiger partial charge in [-0.05, 0) is 39.3 Å². The third-order valence-corrected chi connectivity index (χ3v) is 10.5. The normalized spacial score (nSPS) is 29.2. The molecule has 1 saturated carbocycles. The first-order chi connectivity index (χ1) is 21.3. The Morgan fingerprint density at radius 1 is 1.05 bits per heavy atom. The fourth-order valence-electron chi connectivity index (χ4n) is 8.06. The van der Waals surface area contributed by atoms with Crippen LogP contribution < -0.4 is 16.4 Å². The fraction of sp³-hybridized carbons (Fsp3) is 0.742. The van der Waals surface area contributed by atoms with E-state index in [2.05, 4.69) is 37.6 Å². The number of hydrogen-bond donors (Lipinski definition) is 3. The van der Waals surface area contributed by atoms with Crippen molar-refractivity contribution in [3.8, 4) is 0 Å². The molecule has 2 aromatic heterocycles. The van der Waals surface area contributed by atoms with Gasteiger partial charge < -0.3 is 26.2 Å². The van der Waals surface area contributed by atoms with Crippen LogP contribution in [0.1, 0.15) is 74.6 Å². The van der Waals surface area contributed by atoms with E-state index in [-0.39, 0.29) is 35.4 Å². The van der Waals surface area contributed by atoms with Crippen molar-refractivity contribution in [2.75, 3.05) is 58.6 Å². The van der Waals surface area contributed by atoms with Crippen LogP contribution in [0.4, 0.5) is 14.6 Å². The summed E-state index contributed by atoms with van der Waals surface area (Å²) in [5, 5.41) is 10.9. The number of nitrogens with two attached hydrogens (primary N) is 1. The number of hydrogen-bond acceptors (Lipinski definition) is 8. The molecule has 2 amide bonds. The molecule has 4 unspecified atom stereocenters. The largest absolute Gasteiger partial charge is 0.381 e. The Bertz CT molecular complexity index is 1320. The Labute approximate surface area is 257 Å². The molecule has 5 heterocycles. The SMILES string of the molecule is CN1CCN(C(=O)C2CCCN(C3C(F)CNC4(CCCCCCCC4)C3NC(=O)c3c(N)nn4cc(F)cnc34)C2)CC1. The summed E-state index contributed by atoms with van der Waals surface area (Å²) in [5.41, 5.74) is 5.88. The van der Waals surface area contributed by atoms with E-state index in [1.54, 1.807) is 0 Å². The third kappa shape index (κ3) is 6.28. The van der Waals surface area contributed by atoms with Gasteiger partial charge in [-0.15, -0.1) is 5.10 Å². The molecule has 0 radical (unpaired) electrons. The number of carbonyl (C=O) groups is 2. The molecule has 4 fully saturated rings. The van der Waals surface area contributed by atoms with Crippen LogP contribution in [0.5, 0.6) is 0 Å². The second kappa shape index (κ2) is 13.2. The van der Waals surface area contributed by atoms with Crippen LogP contribution in [0, 0.1) is 11.7 Å². The van der Waals surface area contributed by atoms with E-state index < -0.39 is 35.5 Å². The number of likely N-dealkylation sites (tertiary alicyclic amines) is 1. The summed E-state index contributed by atoms with van der Waals surface area (Å²) in [5.74, 6) is -1.20. The van der Waals surface area contributed by atoms with E-state index in [1.807, 2.05) is 4.90 Å². The van der Waals surface area contributed by atoms with Gasteiger partial charge in [0.1, 0.15) is 11.7 Å². The van der Waals surface area contributed by atoms with Crippen LogP contribution in [0.15, 0.2) is 12.4 Å². The standard InChI is InChI=1S/C31H47F2N9O2/c1-39-13-15-40(16-14-39)30(44)21-9-8-12-41(19-21)25-23(33)18-36-31(10-6-4-2-3-5-7-11-31)26(25)37-29(43)24-27(34)38-42-20-22(32)17-35-28(24)42/h17,20-21,23,25-26,36H,2-16,18-19H2,1H3,(H2,34,38)(H,37,43). The van der Waals surface area contributed by atoms with Crippen LogP contribution in [-0.2, 0) is 4.79 Å². The van der Waals surface area contributed by atoms with Crippen LogP contribution in [-0.4, -0.2) is 118 Å². The van der Waals surface area contributed by atoms with Gasteiger partial charge in [0, 0.05) is 44.8 Å². The highest BCUT2D eigenvalue weighted by Gasteiger charge is 2.52. The first-order valence-electron chi connectivity index (χ1n) is 16.5. The summed E-state index contributed by atoms with van der Waals surface area (Å²) >= 11 is 0. The van der Waals surface area contributed by atoms with Gasteiger partial charge in [-0.25, -0.2) is 18.3 Å². The van der Waals surface area contributed by atoms with Crippen LogP contribution in [0.25, 0.3) is 5.65 Å². The van der Waals surface area contributed by atoms with Crippen molar-refractivity contribution in [1.29, 1.82) is 0 Å². The molecule has 0 bridgehead atoms. The molecule has 1 aliphatic carbocycles. The molecule has 242 valence electrons. The second-order valence-electron chi connectivity index (χ2n) is 13.4. The van der Waals surface area contributed by atoms with Crippen LogP contribution in [0.2, 0.25) is 0 Å². The minimum Gasteiger partial charge on any atom is -0.381 e. The number of halogens is 2. The van der Waals surface area contributed by atoms with Gasteiger partial charge in [-0.3, -0.25) is 14.5 Å². The lowest BCUT2D eigenvalue weighted by atomic mass is 9.72. The number of anilines is 1. The zero-order chi connectivity index (χ0) is 30.8. The van der Waals surface area contributed by atoms with Crippen molar-refractivity contribution < 1.29 is 18.4 Å². The van der Waals surface area contributed by atoms with Crippen molar-refractivity contribution in [2.24, 2.45) is 5.92 Å². The summed E-state index contributed by atoms with van der Waals surface area (Å²) in [6.45, 7) is 4.47. The molecule has 2 aromatic rings. The minimum atomic E-state index is -1.25. The molecule has 6 rings (SSSR count). The van der Waals surface area contributed by atoms with Crippen molar-refractivity contribution in [1.82, 2.24) is 39.9 Å². The van der Waals surface area contributed by atoms with E-state index >= 15 is 4.39 Å². The summed E-state index contributed by atoms with van der Waals surface area (Å²) in [7, 11) is 2.07. The van der Waals surface area contributed by atoms with Gasteiger partial charge >= 0.3 is 0 Å². The van der Waals surface area contributed by atoms with Gasteiger partial charge in [0.05, 0.1) is 30.4 Å². The monoisotopic (exact) mass is 615 g/mol. The highest BCUT2D eigenvalue weighted by atomic mass is 19.1. The van der Waals surface area contributed by atoms with Crippen molar-refractivity contribution in [3.63, 3.8) is 0 Å². The van der Waals surface area contributed by atoms with Crippen molar-refractivity contribution in [3.05, 3.63) is 23.8 Å².